The summed E-state index contributed by atoms with van der Waals surface area (Å²) in [5.41, 5.74) is 1.56. The van der Waals surface area contributed by atoms with Gasteiger partial charge in [0, 0.05) is 11.1 Å². The lowest BCUT2D eigenvalue weighted by Crippen LogP contribution is -2.02. The molecule has 0 bridgehead atoms. The molecule has 16 heavy (non-hydrogen) atoms. The van der Waals surface area contributed by atoms with Crippen molar-refractivity contribution in [1.82, 2.24) is 0 Å². The molecule has 1 aromatic rings. The van der Waals surface area contributed by atoms with Gasteiger partial charge in [-0.3, -0.25) is 4.79 Å². The van der Waals surface area contributed by atoms with Gasteiger partial charge in [0.1, 0.15) is 11.5 Å². The molecular weight excluding hydrogens is 204 g/mol. The summed E-state index contributed by atoms with van der Waals surface area (Å²) >= 11 is 0. The Morgan fingerprint density at radius 3 is 1.88 bits per heavy atom. The lowest BCUT2D eigenvalue weighted by molar-refractivity contribution is 0.101. The summed E-state index contributed by atoms with van der Waals surface area (Å²) in [4.78, 5) is 11.4. The van der Waals surface area contributed by atoms with Crippen LogP contribution in [-0.2, 0) is 0 Å². The van der Waals surface area contributed by atoms with Gasteiger partial charge in [-0.25, -0.2) is 0 Å². The maximum Gasteiger partial charge on any atom is 0.160 e. The van der Waals surface area contributed by atoms with Crippen molar-refractivity contribution in [2.75, 3.05) is 13.2 Å². The number of carbonyl (C=O) groups excluding carboxylic acids is 1. The zero-order valence-electron chi connectivity index (χ0n) is 10.3. The Balaban J connectivity index is 3.21. The maximum absolute atomic E-state index is 11.4. The van der Waals surface area contributed by atoms with Crippen molar-refractivity contribution in [1.29, 1.82) is 0 Å². The molecule has 88 valence electrons. The van der Waals surface area contributed by atoms with Crippen molar-refractivity contribution >= 4 is 5.78 Å². The molecular formula is C13H18O3. The third-order valence-corrected chi connectivity index (χ3v) is 2.32. The number of hydrogen-bond donors (Lipinski definition) is 0. The van der Waals surface area contributed by atoms with E-state index in [-0.39, 0.29) is 5.78 Å². The molecule has 0 fully saturated rings. The van der Waals surface area contributed by atoms with Crippen LogP contribution in [0.5, 0.6) is 11.5 Å². The lowest BCUT2D eigenvalue weighted by Gasteiger charge is -2.13. The number of carbonyl (C=O) groups is 1. The van der Waals surface area contributed by atoms with Crippen LogP contribution in [0.15, 0.2) is 12.1 Å². The van der Waals surface area contributed by atoms with E-state index in [1.807, 2.05) is 20.8 Å². The molecule has 0 unspecified atom stereocenters. The van der Waals surface area contributed by atoms with E-state index in [2.05, 4.69) is 0 Å². The summed E-state index contributed by atoms with van der Waals surface area (Å²) in [7, 11) is 0. The highest BCUT2D eigenvalue weighted by molar-refractivity contribution is 5.95. The lowest BCUT2D eigenvalue weighted by atomic mass is 10.1. The van der Waals surface area contributed by atoms with E-state index in [1.54, 1.807) is 12.1 Å². The average Bonchev–Trinajstić information content (AvgIpc) is 2.24. The first-order valence-electron chi connectivity index (χ1n) is 5.51. The first-order valence-corrected chi connectivity index (χ1v) is 5.51. The van der Waals surface area contributed by atoms with E-state index in [0.29, 0.717) is 18.8 Å². The fraction of sp³-hybridized carbons (Fsp3) is 0.462. The summed E-state index contributed by atoms with van der Waals surface area (Å²) in [6.07, 6.45) is 0. The molecule has 0 N–H and O–H groups in total. The van der Waals surface area contributed by atoms with E-state index in [4.69, 9.17) is 9.47 Å². The molecule has 0 saturated carbocycles. The second-order valence-electron chi connectivity index (χ2n) is 3.52. The van der Waals surface area contributed by atoms with Crippen molar-refractivity contribution in [3.8, 4) is 11.5 Å². The molecule has 0 radical (unpaired) electrons. The van der Waals surface area contributed by atoms with Crippen molar-refractivity contribution in [3.05, 3.63) is 23.3 Å². The first-order chi connectivity index (χ1) is 7.60. The topological polar surface area (TPSA) is 35.5 Å². The van der Waals surface area contributed by atoms with Crippen LogP contribution in [0.1, 0.15) is 36.7 Å². The smallest absolute Gasteiger partial charge is 0.160 e. The monoisotopic (exact) mass is 222 g/mol. The quantitative estimate of drug-likeness (QED) is 0.718. The number of ketones is 1. The Hall–Kier alpha value is -1.51. The molecule has 0 aliphatic carbocycles. The van der Waals surface area contributed by atoms with E-state index in [1.165, 1.54) is 6.92 Å². The summed E-state index contributed by atoms with van der Waals surface area (Å²) in [6, 6.07) is 3.54. The minimum absolute atomic E-state index is 0.0157. The first kappa shape index (κ1) is 12.6. The predicted octanol–water partition coefficient (Wildman–Crippen LogP) is 3.00. The molecule has 0 aliphatic heterocycles. The molecule has 3 heteroatoms. The third-order valence-electron chi connectivity index (χ3n) is 2.32. The fourth-order valence-electron chi connectivity index (χ4n) is 1.48. The summed E-state index contributed by atoms with van der Waals surface area (Å²) in [5.74, 6) is 1.46. The van der Waals surface area contributed by atoms with Gasteiger partial charge in [-0.2, -0.15) is 0 Å². The van der Waals surface area contributed by atoms with Crippen LogP contribution in [-0.4, -0.2) is 19.0 Å². The van der Waals surface area contributed by atoms with Crippen molar-refractivity contribution < 1.29 is 14.3 Å². The van der Waals surface area contributed by atoms with Crippen LogP contribution in [0.3, 0.4) is 0 Å². The van der Waals surface area contributed by atoms with Crippen LogP contribution in [0, 0.1) is 6.92 Å². The van der Waals surface area contributed by atoms with Crippen molar-refractivity contribution in [3.63, 3.8) is 0 Å². The minimum atomic E-state index is 0.0157. The second kappa shape index (κ2) is 5.54. The number of hydrogen-bond acceptors (Lipinski definition) is 3. The largest absolute Gasteiger partial charge is 0.493 e. The maximum atomic E-state index is 11.4. The van der Waals surface area contributed by atoms with Gasteiger partial charge in [0.15, 0.2) is 5.78 Å². The SMILES string of the molecule is CCOc1cc(C(C)=O)cc(OCC)c1C. The van der Waals surface area contributed by atoms with Gasteiger partial charge in [0.05, 0.1) is 13.2 Å². The molecule has 0 aliphatic rings. The van der Waals surface area contributed by atoms with Gasteiger partial charge in [0.25, 0.3) is 0 Å². The van der Waals surface area contributed by atoms with E-state index >= 15 is 0 Å². The molecule has 1 rings (SSSR count). The number of rotatable bonds is 5. The number of ether oxygens (including phenoxy) is 2. The van der Waals surface area contributed by atoms with Crippen molar-refractivity contribution in [2.45, 2.75) is 27.7 Å². The van der Waals surface area contributed by atoms with Gasteiger partial charge >= 0.3 is 0 Å². The average molecular weight is 222 g/mol. The van der Waals surface area contributed by atoms with E-state index in [9.17, 15) is 4.79 Å². The molecule has 0 saturated heterocycles. The highest BCUT2D eigenvalue weighted by atomic mass is 16.5. The Labute approximate surface area is 96.4 Å². The van der Waals surface area contributed by atoms with Gasteiger partial charge in [-0.1, -0.05) is 0 Å². The van der Waals surface area contributed by atoms with Crippen LogP contribution in [0.2, 0.25) is 0 Å². The fourth-order valence-corrected chi connectivity index (χ4v) is 1.48. The predicted molar refractivity (Wildman–Crippen MR) is 63.5 cm³/mol. The summed E-state index contributed by atoms with van der Waals surface area (Å²) in [6.45, 7) is 8.46. The van der Waals surface area contributed by atoms with E-state index < -0.39 is 0 Å². The van der Waals surface area contributed by atoms with E-state index in [0.717, 1.165) is 17.1 Å². The van der Waals surface area contributed by atoms with Gasteiger partial charge < -0.3 is 9.47 Å². The highest BCUT2D eigenvalue weighted by Crippen LogP contribution is 2.30. The standard InChI is InChI=1S/C13H18O3/c1-5-15-12-7-11(10(4)14)8-13(9(12)3)16-6-2/h7-8H,5-6H2,1-4H3. The molecule has 0 atom stereocenters. The van der Waals surface area contributed by atoms with Crippen LogP contribution < -0.4 is 9.47 Å². The van der Waals surface area contributed by atoms with Crippen LogP contribution in [0.4, 0.5) is 0 Å². The molecule has 0 aromatic heterocycles. The molecule has 1 aromatic carbocycles. The number of benzene rings is 1. The Morgan fingerprint density at radius 2 is 1.56 bits per heavy atom. The number of Topliss-reactive ketones (excluding diaryl/α,β-unsaturated/α-hetero) is 1. The minimum Gasteiger partial charge on any atom is -0.493 e. The Morgan fingerprint density at radius 1 is 1.12 bits per heavy atom. The molecule has 3 nitrogen and oxygen atoms in total. The zero-order chi connectivity index (χ0) is 12.1. The van der Waals surface area contributed by atoms with Crippen LogP contribution in [0.25, 0.3) is 0 Å². The normalized spacial score (nSPS) is 10.0. The Bertz CT molecular complexity index is 356. The third kappa shape index (κ3) is 2.75. The summed E-state index contributed by atoms with van der Waals surface area (Å²) in [5, 5.41) is 0. The highest BCUT2D eigenvalue weighted by Gasteiger charge is 2.11. The van der Waals surface area contributed by atoms with Gasteiger partial charge in [-0.05, 0) is 39.8 Å². The second-order valence-corrected chi connectivity index (χ2v) is 3.52. The van der Waals surface area contributed by atoms with Crippen LogP contribution >= 0.6 is 0 Å². The van der Waals surface area contributed by atoms with Gasteiger partial charge in [-0.15, -0.1) is 0 Å². The zero-order valence-corrected chi connectivity index (χ0v) is 10.3. The molecule has 0 heterocycles. The summed E-state index contributed by atoms with van der Waals surface area (Å²) < 4.78 is 11.0. The van der Waals surface area contributed by atoms with Crippen molar-refractivity contribution in [2.24, 2.45) is 0 Å². The Kier molecular flexibility index (Phi) is 4.35. The molecule has 0 spiro atoms. The molecule has 0 amide bonds. The van der Waals surface area contributed by atoms with Gasteiger partial charge in [0.2, 0.25) is 0 Å².